The van der Waals surface area contributed by atoms with Gasteiger partial charge in [-0.05, 0) is 51.8 Å². The van der Waals surface area contributed by atoms with Crippen LogP contribution in [0.25, 0.3) is 0 Å². The van der Waals surface area contributed by atoms with Crippen LogP contribution in [0.2, 0.25) is 0 Å². The maximum atomic E-state index is 11.9. The van der Waals surface area contributed by atoms with E-state index in [1.807, 2.05) is 7.05 Å². The average molecular weight is 277 g/mol. The van der Waals surface area contributed by atoms with Crippen LogP contribution in [0.4, 0.5) is 5.82 Å². The number of pyridine rings is 1. The maximum Gasteiger partial charge on any atom is 0.341 e. The molecule has 1 aromatic rings. The molecule has 2 N–H and O–H groups in total. The molecule has 0 amide bonds. The predicted molar refractivity (Wildman–Crippen MR) is 78.9 cm³/mol. The SMILES string of the molecule is CCOC(=O)c1cccnc1NC1CCC(NC)CC1. The smallest absolute Gasteiger partial charge is 0.341 e. The molecule has 1 aromatic heterocycles. The number of ether oxygens (including phenoxy) is 1. The normalized spacial score (nSPS) is 22.3. The van der Waals surface area contributed by atoms with Gasteiger partial charge in [-0.2, -0.15) is 0 Å². The summed E-state index contributed by atoms with van der Waals surface area (Å²) < 4.78 is 5.06. The van der Waals surface area contributed by atoms with Gasteiger partial charge in [0.25, 0.3) is 0 Å². The lowest BCUT2D eigenvalue weighted by Gasteiger charge is -2.29. The van der Waals surface area contributed by atoms with Crippen molar-refractivity contribution >= 4 is 11.8 Å². The highest BCUT2D eigenvalue weighted by Crippen LogP contribution is 2.23. The molecule has 5 heteroatoms. The summed E-state index contributed by atoms with van der Waals surface area (Å²) in [5.74, 6) is 0.325. The highest BCUT2D eigenvalue weighted by molar-refractivity contribution is 5.94. The van der Waals surface area contributed by atoms with Crippen molar-refractivity contribution in [2.75, 3.05) is 19.0 Å². The van der Waals surface area contributed by atoms with E-state index in [2.05, 4.69) is 15.6 Å². The Balaban J connectivity index is 2.01. The number of aromatic nitrogens is 1. The minimum Gasteiger partial charge on any atom is -0.462 e. The van der Waals surface area contributed by atoms with Crippen LogP contribution in [0.15, 0.2) is 18.3 Å². The molecule has 5 nitrogen and oxygen atoms in total. The van der Waals surface area contributed by atoms with E-state index >= 15 is 0 Å². The quantitative estimate of drug-likeness (QED) is 0.808. The molecule has 1 aliphatic rings. The summed E-state index contributed by atoms with van der Waals surface area (Å²) in [6.45, 7) is 2.18. The first-order valence-electron chi connectivity index (χ1n) is 7.30. The van der Waals surface area contributed by atoms with Gasteiger partial charge in [-0.15, -0.1) is 0 Å². The van der Waals surface area contributed by atoms with Crippen LogP contribution in [-0.4, -0.2) is 36.7 Å². The molecule has 0 unspecified atom stereocenters. The Kier molecular flexibility index (Phi) is 5.35. The number of esters is 1. The molecule has 0 spiro atoms. The minimum absolute atomic E-state index is 0.313. The fraction of sp³-hybridized carbons (Fsp3) is 0.600. The summed E-state index contributed by atoms with van der Waals surface area (Å²) in [6, 6.07) is 4.51. The molecular formula is C15H23N3O2. The summed E-state index contributed by atoms with van der Waals surface area (Å²) in [5, 5.41) is 6.71. The fourth-order valence-electron chi connectivity index (χ4n) is 2.61. The zero-order valence-corrected chi connectivity index (χ0v) is 12.2. The van der Waals surface area contributed by atoms with Crippen LogP contribution in [0, 0.1) is 0 Å². The average Bonchev–Trinajstić information content (AvgIpc) is 2.49. The Morgan fingerprint density at radius 3 is 2.70 bits per heavy atom. The van der Waals surface area contributed by atoms with Crippen LogP contribution in [-0.2, 0) is 4.74 Å². The monoisotopic (exact) mass is 277 g/mol. The standard InChI is InChI=1S/C15H23N3O2/c1-3-20-15(19)13-5-4-10-17-14(13)18-12-8-6-11(16-2)7-9-12/h4-5,10-12,16H,3,6-9H2,1-2H3,(H,17,18). The molecule has 0 bridgehead atoms. The van der Waals surface area contributed by atoms with Crippen molar-refractivity contribution in [1.29, 1.82) is 0 Å². The lowest BCUT2D eigenvalue weighted by atomic mass is 9.91. The third kappa shape index (κ3) is 3.70. The highest BCUT2D eigenvalue weighted by atomic mass is 16.5. The van der Waals surface area contributed by atoms with Gasteiger partial charge in [0.05, 0.1) is 6.61 Å². The molecule has 20 heavy (non-hydrogen) atoms. The van der Waals surface area contributed by atoms with Crippen molar-refractivity contribution in [3.8, 4) is 0 Å². The second-order valence-corrected chi connectivity index (χ2v) is 5.10. The van der Waals surface area contributed by atoms with E-state index in [1.165, 1.54) is 0 Å². The number of nitrogens with zero attached hydrogens (tertiary/aromatic N) is 1. The zero-order chi connectivity index (χ0) is 14.4. The summed E-state index contributed by atoms with van der Waals surface area (Å²) >= 11 is 0. The molecule has 0 aliphatic heterocycles. The molecule has 0 saturated heterocycles. The van der Waals surface area contributed by atoms with Crippen molar-refractivity contribution in [3.05, 3.63) is 23.9 Å². The first-order valence-corrected chi connectivity index (χ1v) is 7.30. The number of carbonyl (C=O) groups is 1. The lowest BCUT2D eigenvalue weighted by Crippen LogP contribution is -2.35. The number of rotatable bonds is 5. The first kappa shape index (κ1) is 14.8. The van der Waals surface area contributed by atoms with Gasteiger partial charge >= 0.3 is 5.97 Å². The van der Waals surface area contributed by atoms with Gasteiger partial charge in [0.1, 0.15) is 11.4 Å². The Morgan fingerprint density at radius 2 is 2.05 bits per heavy atom. The van der Waals surface area contributed by atoms with E-state index in [4.69, 9.17) is 4.74 Å². The second-order valence-electron chi connectivity index (χ2n) is 5.10. The van der Waals surface area contributed by atoms with Crippen molar-refractivity contribution in [3.63, 3.8) is 0 Å². The zero-order valence-electron chi connectivity index (χ0n) is 12.2. The third-order valence-corrected chi connectivity index (χ3v) is 3.78. The van der Waals surface area contributed by atoms with Crippen molar-refractivity contribution in [1.82, 2.24) is 10.3 Å². The number of hydrogen-bond donors (Lipinski definition) is 2. The number of anilines is 1. The highest BCUT2D eigenvalue weighted by Gasteiger charge is 2.22. The van der Waals surface area contributed by atoms with E-state index < -0.39 is 0 Å². The molecule has 1 fully saturated rings. The van der Waals surface area contributed by atoms with Gasteiger partial charge in [0.15, 0.2) is 0 Å². The molecule has 0 atom stereocenters. The van der Waals surface area contributed by atoms with Gasteiger partial charge in [0.2, 0.25) is 0 Å². The van der Waals surface area contributed by atoms with Gasteiger partial charge < -0.3 is 15.4 Å². The van der Waals surface area contributed by atoms with E-state index in [9.17, 15) is 4.79 Å². The lowest BCUT2D eigenvalue weighted by molar-refractivity contribution is 0.0527. The Bertz CT molecular complexity index is 442. The van der Waals surface area contributed by atoms with Crippen LogP contribution >= 0.6 is 0 Å². The van der Waals surface area contributed by atoms with E-state index in [0.717, 1.165) is 25.7 Å². The van der Waals surface area contributed by atoms with Crippen LogP contribution < -0.4 is 10.6 Å². The summed E-state index contributed by atoms with van der Waals surface area (Å²) in [7, 11) is 2.01. The molecule has 110 valence electrons. The number of nitrogens with one attached hydrogen (secondary N) is 2. The van der Waals surface area contributed by atoms with Gasteiger partial charge in [-0.1, -0.05) is 0 Å². The van der Waals surface area contributed by atoms with Crippen LogP contribution in [0.3, 0.4) is 0 Å². The Labute approximate surface area is 120 Å². The number of hydrogen-bond acceptors (Lipinski definition) is 5. The van der Waals surface area contributed by atoms with E-state index in [0.29, 0.717) is 30.1 Å². The molecule has 1 aliphatic carbocycles. The van der Waals surface area contributed by atoms with Crippen LogP contribution in [0.5, 0.6) is 0 Å². The molecule has 2 rings (SSSR count). The summed E-state index contributed by atoms with van der Waals surface area (Å²) in [4.78, 5) is 16.2. The summed E-state index contributed by atoms with van der Waals surface area (Å²) in [6.07, 6.45) is 6.17. The van der Waals surface area contributed by atoms with Crippen molar-refractivity contribution in [2.45, 2.75) is 44.7 Å². The Morgan fingerprint density at radius 1 is 1.35 bits per heavy atom. The molecule has 1 heterocycles. The third-order valence-electron chi connectivity index (χ3n) is 3.78. The molecule has 1 saturated carbocycles. The van der Waals surface area contributed by atoms with Crippen molar-refractivity contribution in [2.24, 2.45) is 0 Å². The first-order chi connectivity index (χ1) is 9.74. The number of carbonyl (C=O) groups excluding carboxylic acids is 1. The second kappa shape index (κ2) is 7.24. The topological polar surface area (TPSA) is 63.2 Å². The minimum atomic E-state index is -0.313. The largest absolute Gasteiger partial charge is 0.462 e. The fourth-order valence-corrected chi connectivity index (χ4v) is 2.61. The van der Waals surface area contributed by atoms with E-state index in [1.54, 1.807) is 25.3 Å². The summed E-state index contributed by atoms with van der Waals surface area (Å²) in [5.41, 5.74) is 0.519. The van der Waals surface area contributed by atoms with Gasteiger partial charge in [-0.25, -0.2) is 9.78 Å². The molecule has 0 aromatic carbocycles. The maximum absolute atomic E-state index is 11.9. The van der Waals surface area contributed by atoms with E-state index in [-0.39, 0.29) is 5.97 Å². The Hall–Kier alpha value is -1.62. The van der Waals surface area contributed by atoms with Crippen LogP contribution in [0.1, 0.15) is 43.0 Å². The molecule has 0 radical (unpaired) electrons. The molecular weight excluding hydrogens is 254 g/mol. The van der Waals surface area contributed by atoms with Gasteiger partial charge in [0, 0.05) is 18.3 Å². The van der Waals surface area contributed by atoms with Gasteiger partial charge in [-0.3, -0.25) is 0 Å². The predicted octanol–water partition coefficient (Wildman–Crippen LogP) is 2.20. The van der Waals surface area contributed by atoms with Crippen molar-refractivity contribution < 1.29 is 9.53 Å².